The van der Waals surface area contributed by atoms with Crippen molar-refractivity contribution in [1.82, 2.24) is 44.6 Å². The summed E-state index contributed by atoms with van der Waals surface area (Å²) in [5.74, 6) is -4.68. The van der Waals surface area contributed by atoms with Crippen LogP contribution in [-0.4, -0.2) is 167 Å². The lowest BCUT2D eigenvalue weighted by Crippen LogP contribution is -2.65. The average Bonchev–Trinajstić information content (AvgIpc) is 4.30. The largest absolute Gasteiger partial charge is 0.391 e. The van der Waals surface area contributed by atoms with E-state index in [1.807, 2.05) is 86.5 Å². The second-order valence-corrected chi connectivity index (χ2v) is 24.2. The number of hydrogen-bond donors (Lipinski definition) is 5. The second kappa shape index (κ2) is 22.2. The number of anilines is 2. The fourth-order valence-corrected chi connectivity index (χ4v) is 12.8. The van der Waals surface area contributed by atoms with Gasteiger partial charge >= 0.3 is 10.2 Å². The van der Waals surface area contributed by atoms with Crippen LogP contribution in [-0.2, 0) is 31.1 Å². The molecule has 6 aromatic rings. The van der Waals surface area contributed by atoms with Gasteiger partial charge < -0.3 is 30.5 Å². The fourth-order valence-electron chi connectivity index (χ4n) is 10.7. The van der Waals surface area contributed by atoms with Crippen LogP contribution < -0.4 is 20.3 Å². The molecule has 10 rings (SSSR count). The number of nitrogens with one attached hydrogen (secondary N) is 4. The van der Waals surface area contributed by atoms with Gasteiger partial charge in [-0.25, -0.2) is 23.1 Å². The highest BCUT2D eigenvalue weighted by atomic mass is 32.2. The number of H-pyrrole nitrogens is 1. The van der Waals surface area contributed by atoms with Gasteiger partial charge in [-0.3, -0.25) is 33.7 Å². The number of thiazole rings is 1. The number of rotatable bonds is 16. The van der Waals surface area contributed by atoms with Crippen LogP contribution in [0.3, 0.4) is 0 Å². The van der Waals surface area contributed by atoms with Crippen LogP contribution in [0.4, 0.5) is 24.5 Å². The fraction of sp³-hybridized carbons (Fsp3) is 0.418. The number of ketones is 1. The van der Waals surface area contributed by atoms with Crippen LogP contribution in [0, 0.1) is 24.0 Å². The molecule has 0 aliphatic carbocycles. The summed E-state index contributed by atoms with van der Waals surface area (Å²) in [7, 11) is -4.38. The molecule has 4 aliphatic rings. The lowest BCUT2D eigenvalue weighted by molar-refractivity contribution is -0.144. The van der Waals surface area contributed by atoms with Crippen LogP contribution >= 0.6 is 11.3 Å². The van der Waals surface area contributed by atoms with Gasteiger partial charge in [-0.2, -0.15) is 12.7 Å². The number of aryl methyl sites for hydroxylation is 1. The van der Waals surface area contributed by atoms with E-state index in [4.69, 9.17) is 0 Å². The molecular formula is C55H62F3N11O7S2. The number of aromatic nitrogens is 3. The maximum Gasteiger partial charge on any atom is 0.301 e. The number of aromatic amines is 1. The van der Waals surface area contributed by atoms with Gasteiger partial charge in [-0.05, 0) is 65.8 Å². The lowest BCUT2D eigenvalue weighted by atomic mass is 9.85. The summed E-state index contributed by atoms with van der Waals surface area (Å²) in [4.78, 5) is 76.1. The summed E-state index contributed by atoms with van der Waals surface area (Å²) < 4.78 is 73.3. The Labute approximate surface area is 454 Å². The number of hydrogen-bond acceptors (Lipinski definition) is 13. The van der Waals surface area contributed by atoms with Gasteiger partial charge in [-0.15, -0.1) is 11.3 Å². The van der Waals surface area contributed by atoms with E-state index < -0.39 is 81.1 Å². The van der Waals surface area contributed by atoms with E-state index in [9.17, 15) is 37.1 Å². The Kier molecular flexibility index (Phi) is 15.5. The Morgan fingerprint density at radius 1 is 0.897 bits per heavy atom. The molecule has 23 heteroatoms. The van der Waals surface area contributed by atoms with Crippen molar-refractivity contribution in [2.24, 2.45) is 5.41 Å². The molecule has 4 saturated heterocycles. The third-order valence-corrected chi connectivity index (χ3v) is 17.6. The highest BCUT2D eigenvalue weighted by Gasteiger charge is 2.45. The molecule has 4 fully saturated rings. The molecule has 78 heavy (non-hydrogen) atoms. The van der Waals surface area contributed by atoms with Crippen LogP contribution in [0.25, 0.3) is 32.6 Å². The first kappa shape index (κ1) is 54.6. The number of likely N-dealkylation sites (tertiary alicyclic amines) is 2. The number of amides is 3. The number of alkyl halides is 1. The number of nitrogens with zero attached hydrogens (tertiary/aromatic N) is 7. The van der Waals surface area contributed by atoms with Gasteiger partial charge in [0.1, 0.15) is 29.7 Å². The van der Waals surface area contributed by atoms with Crippen molar-refractivity contribution in [3.63, 3.8) is 0 Å². The minimum absolute atomic E-state index is 0.00890. The first-order valence-electron chi connectivity index (χ1n) is 26.0. The zero-order valence-electron chi connectivity index (χ0n) is 43.6. The summed E-state index contributed by atoms with van der Waals surface area (Å²) >= 11 is 1.57. The predicted octanol–water partition coefficient (Wildman–Crippen LogP) is 5.49. The van der Waals surface area contributed by atoms with Crippen molar-refractivity contribution in [2.45, 2.75) is 77.5 Å². The van der Waals surface area contributed by atoms with Crippen molar-refractivity contribution in [1.29, 1.82) is 0 Å². The Bertz CT molecular complexity index is 3340. The molecule has 0 radical (unpaired) electrons. The van der Waals surface area contributed by atoms with E-state index >= 15 is 8.78 Å². The first-order valence-corrected chi connectivity index (χ1v) is 28.3. The summed E-state index contributed by atoms with van der Waals surface area (Å²) in [6, 6.07) is 17.5. The quantitative estimate of drug-likeness (QED) is 0.0762. The molecule has 2 unspecified atom stereocenters. The smallest absolute Gasteiger partial charge is 0.301 e. The van der Waals surface area contributed by atoms with Crippen molar-refractivity contribution in [3.05, 3.63) is 119 Å². The first-order chi connectivity index (χ1) is 37.2. The van der Waals surface area contributed by atoms with Gasteiger partial charge in [0.2, 0.25) is 23.5 Å². The molecule has 5 N–H and O–H groups in total. The highest BCUT2D eigenvalue weighted by molar-refractivity contribution is 7.90. The minimum atomic E-state index is -4.38. The number of pyridine rings is 1. The monoisotopic (exact) mass is 1110 g/mol. The molecule has 0 spiro atoms. The summed E-state index contributed by atoms with van der Waals surface area (Å²) in [6.07, 6.45) is 0.770. The Morgan fingerprint density at radius 2 is 1.62 bits per heavy atom. The number of β-amino-alcohol motifs (C(OH)–C–C–N with tert-alkyl or cyclic N) is 1. The molecule has 18 nitrogen and oxygen atoms in total. The van der Waals surface area contributed by atoms with E-state index in [0.717, 1.165) is 75.6 Å². The van der Waals surface area contributed by atoms with E-state index in [1.54, 1.807) is 23.6 Å². The number of carbonyl (C=O) groups excluding carboxylic acids is 4. The molecule has 3 amide bonds. The number of piperazine rings is 1. The zero-order chi connectivity index (χ0) is 55.2. The third kappa shape index (κ3) is 11.5. The van der Waals surface area contributed by atoms with Gasteiger partial charge in [0.05, 0.1) is 40.0 Å². The standard InChI is InChI=1S/C55H62F3N11O7S2/c1-32-50(77-31-62-32)35-7-5-33(6-8-35)23-61-53(73)45-22-40(70)29-69(45)54(74)51(55(2,3)4)63-46(71)30-65-27-39(28-65)67-19-17-66(18-20-67)38-11-9-34(10-12-38)36-21-41-42(25-60-52(41)59-24-36)49(72)47-43(57)13-14-44(48(47)58)64-78(75,76)68-16-15-37(56)26-68/h5-14,21,24-25,31,37,39-40,45,51,64,70H,15-20,22-23,26-30H2,1-4H3,(H,59,60)(H,61,73)(H,63,71)/t37-,40?,45?,51-/m1/s1. The van der Waals surface area contributed by atoms with Crippen LogP contribution in [0.5, 0.6) is 0 Å². The van der Waals surface area contributed by atoms with Crippen molar-refractivity contribution >= 4 is 67.5 Å². The zero-order valence-corrected chi connectivity index (χ0v) is 45.3. The molecule has 0 saturated carbocycles. The topological polar surface area (TPSA) is 217 Å². The number of halogens is 3. The van der Waals surface area contributed by atoms with Gasteiger partial charge in [-0.1, -0.05) is 57.2 Å². The summed E-state index contributed by atoms with van der Waals surface area (Å²) in [6.45, 7) is 11.9. The normalized spacial score (nSPS) is 20.2. The van der Waals surface area contributed by atoms with Crippen LogP contribution in [0.15, 0.2) is 84.6 Å². The van der Waals surface area contributed by atoms with E-state index in [2.05, 4.69) is 40.3 Å². The maximum atomic E-state index is 15.8. The van der Waals surface area contributed by atoms with E-state index in [1.165, 1.54) is 11.1 Å². The number of fused-ring (bicyclic) bond motifs is 1. The van der Waals surface area contributed by atoms with Gasteiger partial charge in [0, 0.05) is 113 Å². The number of carbonyl (C=O) groups is 4. The van der Waals surface area contributed by atoms with Crippen molar-refractivity contribution < 1.29 is 45.9 Å². The van der Waals surface area contributed by atoms with Gasteiger partial charge in [0.15, 0.2) is 5.82 Å². The molecule has 7 heterocycles. The minimum Gasteiger partial charge on any atom is -0.391 e. The van der Waals surface area contributed by atoms with Crippen LogP contribution in [0.1, 0.15) is 60.8 Å². The van der Waals surface area contributed by atoms with E-state index in [0.29, 0.717) is 29.7 Å². The Hall–Kier alpha value is -6.76. The van der Waals surface area contributed by atoms with Crippen LogP contribution in [0.2, 0.25) is 0 Å². The second-order valence-electron chi connectivity index (χ2n) is 21.6. The van der Waals surface area contributed by atoms with Crippen molar-refractivity contribution in [2.75, 3.05) is 75.1 Å². The molecule has 4 atom stereocenters. The molecule has 3 aromatic carbocycles. The molecule has 3 aromatic heterocycles. The highest BCUT2D eigenvalue weighted by Crippen LogP contribution is 2.33. The summed E-state index contributed by atoms with van der Waals surface area (Å²) in [5.41, 5.74) is 5.08. The number of benzene rings is 3. The third-order valence-electron chi connectivity index (χ3n) is 15.2. The molecule has 0 bridgehead atoms. The summed E-state index contributed by atoms with van der Waals surface area (Å²) in [5, 5.41) is 16.9. The number of aliphatic hydroxyl groups excluding tert-OH is 1. The SMILES string of the molecule is Cc1ncsc1-c1ccc(CNC(=O)C2CC(O)CN2C(=O)[C@@H](NC(=O)CN2CC(N3CCN(c4ccc(-c5cnc6[nH]cc(C(=O)c7c(F)ccc(NS(=O)(=O)N8CC[C@@H](F)C8)c7F)c6c5)cc4)CC3)C2)C(C)(C)C)cc1. The molecular weight excluding hydrogens is 1050 g/mol. The van der Waals surface area contributed by atoms with E-state index in [-0.39, 0.29) is 62.4 Å². The molecule has 412 valence electrons. The predicted molar refractivity (Wildman–Crippen MR) is 291 cm³/mol. The Morgan fingerprint density at radius 3 is 2.28 bits per heavy atom. The van der Waals surface area contributed by atoms with Crippen molar-refractivity contribution in [3.8, 4) is 21.6 Å². The maximum absolute atomic E-state index is 15.8. The lowest BCUT2D eigenvalue weighted by Gasteiger charge is -2.48. The molecule has 4 aliphatic heterocycles. The average molecular weight is 1110 g/mol. The Balaban J connectivity index is 0.698. The van der Waals surface area contributed by atoms with Gasteiger partial charge in [0.25, 0.3) is 0 Å². The number of aliphatic hydroxyl groups is 1.